The van der Waals surface area contributed by atoms with Crippen molar-refractivity contribution in [2.75, 3.05) is 20.1 Å². The largest absolute Gasteiger partial charge is 0.338 e. The third-order valence-corrected chi connectivity index (χ3v) is 5.50. The Labute approximate surface area is 125 Å². The van der Waals surface area contributed by atoms with Gasteiger partial charge in [0.25, 0.3) is 0 Å². The van der Waals surface area contributed by atoms with Crippen LogP contribution in [0.25, 0.3) is 0 Å². The molecule has 0 aromatic carbocycles. The van der Waals surface area contributed by atoms with Crippen LogP contribution in [0.4, 0.5) is 0 Å². The Hall–Kier alpha value is -1.41. The van der Waals surface area contributed by atoms with E-state index in [0.29, 0.717) is 19.5 Å². The number of hydrogen-bond donors (Lipinski definition) is 1. The zero-order valence-corrected chi connectivity index (χ0v) is 13.6. The molecule has 0 bridgehead atoms. The monoisotopic (exact) mass is 314 g/mol. The van der Waals surface area contributed by atoms with Crippen molar-refractivity contribution >= 4 is 15.9 Å². The minimum Gasteiger partial charge on any atom is -0.338 e. The SMILES string of the molecule is CN(CC1CC(=O)N(C(C)(C)C)C1)S(=O)(=O)c1cn[nH]c1. The molecule has 1 saturated heterocycles. The molecule has 0 radical (unpaired) electrons. The molecule has 1 N–H and O–H groups in total. The van der Waals surface area contributed by atoms with E-state index in [1.54, 1.807) is 0 Å². The third kappa shape index (κ3) is 3.26. The molecule has 1 amide bonds. The summed E-state index contributed by atoms with van der Waals surface area (Å²) in [4.78, 5) is 14.0. The van der Waals surface area contributed by atoms with Gasteiger partial charge in [0.05, 0.1) is 6.20 Å². The summed E-state index contributed by atoms with van der Waals surface area (Å²) in [6.45, 7) is 6.87. The van der Waals surface area contributed by atoms with Gasteiger partial charge >= 0.3 is 0 Å². The maximum absolute atomic E-state index is 12.3. The molecule has 8 heteroatoms. The van der Waals surface area contributed by atoms with E-state index in [-0.39, 0.29) is 22.3 Å². The van der Waals surface area contributed by atoms with Crippen molar-refractivity contribution < 1.29 is 13.2 Å². The molecular formula is C13H22N4O3S. The molecule has 1 aliphatic heterocycles. The fourth-order valence-corrected chi connectivity index (χ4v) is 3.73. The van der Waals surface area contributed by atoms with Gasteiger partial charge in [-0.1, -0.05) is 0 Å². The maximum atomic E-state index is 12.3. The first-order chi connectivity index (χ1) is 9.62. The first-order valence-electron chi connectivity index (χ1n) is 6.88. The number of H-pyrrole nitrogens is 1. The average molecular weight is 314 g/mol. The number of rotatable bonds is 4. The van der Waals surface area contributed by atoms with Gasteiger partial charge in [0.1, 0.15) is 4.90 Å². The van der Waals surface area contributed by atoms with Crippen LogP contribution in [-0.4, -0.2) is 59.4 Å². The van der Waals surface area contributed by atoms with Crippen molar-refractivity contribution in [1.29, 1.82) is 0 Å². The van der Waals surface area contributed by atoms with Crippen LogP contribution in [0.3, 0.4) is 0 Å². The minimum absolute atomic E-state index is 0.0170. The molecule has 1 aliphatic rings. The Bertz CT molecular complexity index is 604. The van der Waals surface area contributed by atoms with Crippen LogP contribution < -0.4 is 0 Å². The van der Waals surface area contributed by atoms with Gasteiger partial charge in [-0.3, -0.25) is 9.89 Å². The van der Waals surface area contributed by atoms with Crippen molar-refractivity contribution in [3.63, 3.8) is 0 Å². The van der Waals surface area contributed by atoms with Crippen LogP contribution in [0.5, 0.6) is 0 Å². The number of nitrogens with one attached hydrogen (secondary N) is 1. The van der Waals surface area contributed by atoms with Crippen molar-refractivity contribution in [3.05, 3.63) is 12.4 Å². The lowest BCUT2D eigenvalue weighted by atomic mass is 10.1. The Kier molecular flexibility index (Phi) is 4.12. The average Bonchev–Trinajstić information content (AvgIpc) is 2.97. The normalized spacial score (nSPS) is 20.5. The smallest absolute Gasteiger partial charge is 0.245 e. The van der Waals surface area contributed by atoms with E-state index in [2.05, 4.69) is 10.2 Å². The standard InChI is InChI=1S/C13H22N4O3S/c1-13(2,3)17-9-10(5-12(17)18)8-16(4)21(19,20)11-6-14-15-7-11/h6-7,10H,5,8-9H2,1-4H3,(H,14,15). The molecule has 0 saturated carbocycles. The summed E-state index contributed by atoms with van der Waals surface area (Å²) in [7, 11) is -2.01. The second kappa shape index (κ2) is 5.42. The van der Waals surface area contributed by atoms with E-state index >= 15 is 0 Å². The predicted octanol–water partition coefficient (Wildman–Crippen LogP) is 0.677. The Morgan fingerprint density at radius 2 is 2.14 bits per heavy atom. The highest BCUT2D eigenvalue weighted by molar-refractivity contribution is 7.89. The number of likely N-dealkylation sites (tertiary alicyclic amines) is 1. The molecule has 1 fully saturated rings. The number of carbonyl (C=O) groups excluding carboxylic acids is 1. The van der Waals surface area contributed by atoms with Crippen LogP contribution >= 0.6 is 0 Å². The quantitative estimate of drug-likeness (QED) is 0.885. The first-order valence-corrected chi connectivity index (χ1v) is 8.32. The van der Waals surface area contributed by atoms with Gasteiger partial charge in [-0.2, -0.15) is 5.10 Å². The van der Waals surface area contributed by atoms with Gasteiger partial charge < -0.3 is 4.90 Å². The summed E-state index contributed by atoms with van der Waals surface area (Å²) in [6.07, 6.45) is 3.03. The zero-order valence-electron chi connectivity index (χ0n) is 12.8. The molecule has 1 aromatic rings. The minimum atomic E-state index is -3.54. The molecule has 1 unspecified atom stereocenters. The molecule has 0 spiro atoms. The van der Waals surface area contributed by atoms with E-state index in [1.165, 1.54) is 23.7 Å². The summed E-state index contributed by atoms with van der Waals surface area (Å²) in [6, 6.07) is 0. The molecule has 0 aliphatic carbocycles. The molecule has 1 atom stereocenters. The van der Waals surface area contributed by atoms with E-state index in [9.17, 15) is 13.2 Å². The maximum Gasteiger partial charge on any atom is 0.245 e. The highest BCUT2D eigenvalue weighted by Gasteiger charge is 2.37. The number of carbonyl (C=O) groups is 1. The summed E-state index contributed by atoms with van der Waals surface area (Å²) in [5, 5.41) is 6.17. The second-order valence-corrected chi connectivity index (χ2v) is 8.51. The summed E-state index contributed by atoms with van der Waals surface area (Å²) < 4.78 is 25.9. The molecule has 7 nitrogen and oxygen atoms in total. The van der Waals surface area contributed by atoms with E-state index in [0.717, 1.165) is 0 Å². The Morgan fingerprint density at radius 1 is 1.48 bits per heavy atom. The van der Waals surface area contributed by atoms with Crippen molar-refractivity contribution in [3.8, 4) is 0 Å². The van der Waals surface area contributed by atoms with Crippen LogP contribution in [0.1, 0.15) is 27.2 Å². The molecule has 21 heavy (non-hydrogen) atoms. The topological polar surface area (TPSA) is 86.4 Å². The van der Waals surface area contributed by atoms with Gasteiger partial charge in [0.2, 0.25) is 15.9 Å². The Morgan fingerprint density at radius 3 is 2.62 bits per heavy atom. The lowest BCUT2D eigenvalue weighted by Gasteiger charge is -2.32. The van der Waals surface area contributed by atoms with Crippen molar-refractivity contribution in [1.82, 2.24) is 19.4 Å². The van der Waals surface area contributed by atoms with Crippen LogP contribution in [0.2, 0.25) is 0 Å². The molecule has 1 aromatic heterocycles. The van der Waals surface area contributed by atoms with Crippen LogP contribution in [-0.2, 0) is 14.8 Å². The van der Waals surface area contributed by atoms with Gasteiger partial charge in [-0.05, 0) is 26.7 Å². The Balaban J connectivity index is 2.05. The van der Waals surface area contributed by atoms with Crippen LogP contribution in [0.15, 0.2) is 17.3 Å². The number of aromatic nitrogens is 2. The van der Waals surface area contributed by atoms with Gasteiger partial charge in [-0.15, -0.1) is 0 Å². The predicted molar refractivity (Wildman–Crippen MR) is 78.0 cm³/mol. The highest BCUT2D eigenvalue weighted by Crippen LogP contribution is 2.27. The number of nitrogens with zero attached hydrogens (tertiary/aromatic N) is 3. The first kappa shape index (κ1) is 16.0. The van der Waals surface area contributed by atoms with E-state index in [4.69, 9.17) is 0 Å². The molecule has 2 rings (SSSR count). The number of hydrogen-bond acceptors (Lipinski definition) is 4. The lowest BCUT2D eigenvalue weighted by Crippen LogP contribution is -2.43. The zero-order chi connectivity index (χ0) is 15.8. The number of aromatic amines is 1. The summed E-state index contributed by atoms with van der Waals surface area (Å²) in [5.74, 6) is 0.102. The fraction of sp³-hybridized carbons (Fsp3) is 0.692. The lowest BCUT2D eigenvalue weighted by molar-refractivity contribution is -0.131. The number of amides is 1. The number of sulfonamides is 1. The summed E-state index contributed by atoms with van der Waals surface area (Å²) in [5.41, 5.74) is -0.228. The van der Waals surface area contributed by atoms with E-state index < -0.39 is 10.0 Å². The van der Waals surface area contributed by atoms with Crippen molar-refractivity contribution in [2.45, 2.75) is 37.6 Å². The second-order valence-electron chi connectivity index (χ2n) is 6.46. The highest BCUT2D eigenvalue weighted by atomic mass is 32.2. The van der Waals surface area contributed by atoms with Gasteiger partial charge in [-0.25, -0.2) is 12.7 Å². The summed E-state index contributed by atoms with van der Waals surface area (Å²) >= 11 is 0. The van der Waals surface area contributed by atoms with Crippen LogP contribution in [0, 0.1) is 5.92 Å². The van der Waals surface area contributed by atoms with Gasteiger partial charge in [0.15, 0.2) is 0 Å². The molecular weight excluding hydrogens is 292 g/mol. The fourth-order valence-electron chi connectivity index (χ4n) is 2.57. The van der Waals surface area contributed by atoms with E-state index in [1.807, 2.05) is 25.7 Å². The third-order valence-electron chi connectivity index (χ3n) is 3.71. The van der Waals surface area contributed by atoms with Gasteiger partial charge in [0, 0.05) is 38.3 Å². The molecule has 2 heterocycles. The van der Waals surface area contributed by atoms with Crippen molar-refractivity contribution in [2.24, 2.45) is 5.92 Å². The molecule has 118 valence electrons.